The Morgan fingerprint density at radius 2 is 2.27 bits per heavy atom. The SMILES string of the molecule is C=CC(=O)OCCC(=O)NC. The smallest absolute Gasteiger partial charge is 0.330 e. The van der Waals surface area contributed by atoms with E-state index in [4.69, 9.17) is 0 Å². The zero-order valence-corrected chi connectivity index (χ0v) is 6.42. The fraction of sp³-hybridized carbons (Fsp3) is 0.429. The minimum absolute atomic E-state index is 0.102. The van der Waals surface area contributed by atoms with Gasteiger partial charge in [0.1, 0.15) is 6.61 Å². The number of esters is 1. The van der Waals surface area contributed by atoms with Crippen molar-refractivity contribution in [2.24, 2.45) is 0 Å². The van der Waals surface area contributed by atoms with Gasteiger partial charge in [0, 0.05) is 13.1 Å². The van der Waals surface area contributed by atoms with E-state index in [1.54, 1.807) is 0 Å². The highest BCUT2D eigenvalue weighted by atomic mass is 16.5. The third-order valence-electron chi connectivity index (χ3n) is 1.02. The third kappa shape index (κ3) is 5.14. The molecule has 0 radical (unpaired) electrons. The number of hydrogen-bond donors (Lipinski definition) is 1. The van der Waals surface area contributed by atoms with Gasteiger partial charge < -0.3 is 10.1 Å². The number of carbonyl (C=O) groups excluding carboxylic acids is 2. The third-order valence-corrected chi connectivity index (χ3v) is 1.02. The van der Waals surface area contributed by atoms with E-state index >= 15 is 0 Å². The topological polar surface area (TPSA) is 55.4 Å². The lowest BCUT2D eigenvalue weighted by Gasteiger charge is -1.99. The van der Waals surface area contributed by atoms with Gasteiger partial charge in [-0.15, -0.1) is 0 Å². The number of rotatable bonds is 4. The van der Waals surface area contributed by atoms with Crippen molar-refractivity contribution in [2.75, 3.05) is 13.7 Å². The summed E-state index contributed by atoms with van der Waals surface area (Å²) in [5, 5.41) is 2.40. The molecule has 0 aliphatic rings. The van der Waals surface area contributed by atoms with Crippen LogP contribution in [-0.4, -0.2) is 25.5 Å². The van der Waals surface area contributed by atoms with Crippen molar-refractivity contribution < 1.29 is 14.3 Å². The summed E-state index contributed by atoms with van der Waals surface area (Å²) in [5.41, 5.74) is 0. The van der Waals surface area contributed by atoms with E-state index in [1.165, 1.54) is 7.05 Å². The second kappa shape index (κ2) is 5.46. The average Bonchev–Trinajstić information content (AvgIpc) is 2.04. The Hall–Kier alpha value is -1.32. The van der Waals surface area contributed by atoms with Gasteiger partial charge >= 0.3 is 5.97 Å². The van der Waals surface area contributed by atoms with Gasteiger partial charge in [-0.05, 0) is 0 Å². The molecule has 0 spiro atoms. The summed E-state index contributed by atoms with van der Waals surface area (Å²) in [4.78, 5) is 21.0. The average molecular weight is 157 g/mol. The first-order valence-corrected chi connectivity index (χ1v) is 3.20. The van der Waals surface area contributed by atoms with Crippen LogP contribution in [0.4, 0.5) is 0 Å². The lowest BCUT2D eigenvalue weighted by Crippen LogP contribution is -2.19. The summed E-state index contributed by atoms with van der Waals surface area (Å²) >= 11 is 0. The van der Waals surface area contributed by atoms with Crippen molar-refractivity contribution in [2.45, 2.75) is 6.42 Å². The summed E-state index contributed by atoms with van der Waals surface area (Å²) < 4.78 is 4.55. The Labute approximate surface area is 65.2 Å². The Morgan fingerprint density at radius 1 is 1.64 bits per heavy atom. The van der Waals surface area contributed by atoms with Crippen LogP contribution in [0.25, 0.3) is 0 Å². The summed E-state index contributed by atoms with van der Waals surface area (Å²) in [5.74, 6) is -0.657. The molecule has 0 aromatic rings. The maximum Gasteiger partial charge on any atom is 0.330 e. The Balaban J connectivity index is 3.34. The van der Waals surface area contributed by atoms with Crippen LogP contribution in [0.15, 0.2) is 12.7 Å². The monoisotopic (exact) mass is 157 g/mol. The summed E-state index contributed by atoms with van der Waals surface area (Å²) in [6.45, 7) is 3.31. The minimum atomic E-state index is -0.506. The second-order valence-electron chi connectivity index (χ2n) is 1.79. The van der Waals surface area contributed by atoms with Gasteiger partial charge in [-0.1, -0.05) is 6.58 Å². The summed E-state index contributed by atoms with van der Waals surface area (Å²) in [7, 11) is 1.53. The minimum Gasteiger partial charge on any atom is -0.462 e. The molecule has 0 bridgehead atoms. The highest BCUT2D eigenvalue weighted by Crippen LogP contribution is 1.84. The Bertz CT molecular complexity index is 165. The Morgan fingerprint density at radius 3 is 2.73 bits per heavy atom. The largest absolute Gasteiger partial charge is 0.462 e. The van der Waals surface area contributed by atoms with Crippen LogP contribution >= 0.6 is 0 Å². The summed E-state index contributed by atoms with van der Waals surface area (Å²) in [6.07, 6.45) is 1.25. The van der Waals surface area contributed by atoms with Crippen molar-refractivity contribution in [1.82, 2.24) is 5.32 Å². The van der Waals surface area contributed by atoms with Crippen LogP contribution in [0.1, 0.15) is 6.42 Å². The van der Waals surface area contributed by atoms with Crippen molar-refractivity contribution in [3.8, 4) is 0 Å². The molecule has 1 amide bonds. The molecule has 62 valence electrons. The molecular weight excluding hydrogens is 146 g/mol. The maximum absolute atomic E-state index is 10.6. The molecule has 0 rings (SSSR count). The molecular formula is C7H11NO3. The summed E-state index contributed by atoms with van der Waals surface area (Å²) in [6, 6.07) is 0. The predicted octanol–water partition coefficient (Wildman–Crippen LogP) is -0.148. The molecule has 0 heterocycles. The van der Waals surface area contributed by atoms with Crippen LogP contribution in [0.3, 0.4) is 0 Å². The number of nitrogens with one attached hydrogen (secondary N) is 1. The zero-order valence-electron chi connectivity index (χ0n) is 6.42. The highest BCUT2D eigenvalue weighted by Gasteiger charge is 1.99. The van der Waals surface area contributed by atoms with Crippen molar-refractivity contribution in [3.63, 3.8) is 0 Å². The molecule has 4 nitrogen and oxygen atoms in total. The number of amides is 1. The van der Waals surface area contributed by atoms with E-state index in [1.807, 2.05) is 0 Å². The molecule has 4 heteroatoms. The van der Waals surface area contributed by atoms with Crippen LogP contribution in [0.2, 0.25) is 0 Å². The normalized spacial score (nSPS) is 8.45. The van der Waals surface area contributed by atoms with Gasteiger partial charge in [0.2, 0.25) is 5.91 Å². The van der Waals surface area contributed by atoms with Gasteiger partial charge in [-0.2, -0.15) is 0 Å². The fourth-order valence-corrected chi connectivity index (χ4v) is 0.428. The first-order chi connectivity index (χ1) is 5.20. The fourth-order valence-electron chi connectivity index (χ4n) is 0.428. The molecule has 0 saturated heterocycles. The number of hydrogen-bond acceptors (Lipinski definition) is 3. The van der Waals surface area contributed by atoms with E-state index < -0.39 is 5.97 Å². The standard InChI is InChI=1S/C7H11NO3/c1-3-7(10)11-5-4-6(9)8-2/h3H,1,4-5H2,2H3,(H,8,9). The molecule has 0 aliphatic carbocycles. The van der Waals surface area contributed by atoms with Crippen LogP contribution in [0.5, 0.6) is 0 Å². The first-order valence-electron chi connectivity index (χ1n) is 3.20. The van der Waals surface area contributed by atoms with Gasteiger partial charge in [0.05, 0.1) is 6.42 Å². The molecule has 11 heavy (non-hydrogen) atoms. The van der Waals surface area contributed by atoms with Gasteiger partial charge in [0.25, 0.3) is 0 Å². The predicted molar refractivity (Wildman–Crippen MR) is 39.8 cm³/mol. The van der Waals surface area contributed by atoms with E-state index in [0.717, 1.165) is 6.08 Å². The lowest BCUT2D eigenvalue weighted by atomic mass is 10.4. The molecule has 0 fully saturated rings. The van der Waals surface area contributed by atoms with Crippen molar-refractivity contribution >= 4 is 11.9 Å². The van der Waals surface area contributed by atoms with E-state index in [2.05, 4.69) is 16.6 Å². The zero-order chi connectivity index (χ0) is 8.69. The number of ether oxygens (including phenoxy) is 1. The van der Waals surface area contributed by atoms with Crippen LogP contribution < -0.4 is 5.32 Å². The van der Waals surface area contributed by atoms with Crippen molar-refractivity contribution in [1.29, 1.82) is 0 Å². The van der Waals surface area contributed by atoms with E-state index in [0.29, 0.717) is 0 Å². The molecule has 0 atom stereocenters. The molecule has 0 unspecified atom stereocenters. The lowest BCUT2D eigenvalue weighted by molar-refractivity contribution is -0.138. The first kappa shape index (κ1) is 9.68. The van der Waals surface area contributed by atoms with Crippen molar-refractivity contribution in [3.05, 3.63) is 12.7 Å². The second-order valence-corrected chi connectivity index (χ2v) is 1.79. The number of carbonyl (C=O) groups is 2. The van der Waals surface area contributed by atoms with Gasteiger partial charge in [-0.3, -0.25) is 4.79 Å². The molecule has 0 aromatic heterocycles. The molecule has 1 N–H and O–H groups in total. The Kier molecular flexibility index (Phi) is 4.81. The van der Waals surface area contributed by atoms with Crippen LogP contribution in [-0.2, 0) is 14.3 Å². The molecule has 0 saturated carbocycles. The molecule has 0 aromatic carbocycles. The molecule has 0 aliphatic heterocycles. The quantitative estimate of drug-likeness (QED) is 0.456. The maximum atomic E-state index is 10.6. The highest BCUT2D eigenvalue weighted by molar-refractivity contribution is 5.81. The van der Waals surface area contributed by atoms with E-state index in [-0.39, 0.29) is 18.9 Å². The van der Waals surface area contributed by atoms with Gasteiger partial charge in [0.15, 0.2) is 0 Å². The van der Waals surface area contributed by atoms with Crippen LogP contribution in [0, 0.1) is 0 Å². The van der Waals surface area contributed by atoms with Gasteiger partial charge in [-0.25, -0.2) is 4.79 Å². The van der Waals surface area contributed by atoms with E-state index in [9.17, 15) is 9.59 Å².